The van der Waals surface area contributed by atoms with Crippen molar-refractivity contribution >= 4 is 27.3 Å². The molecule has 0 saturated carbocycles. The van der Waals surface area contributed by atoms with E-state index in [1.165, 1.54) is 18.2 Å². The van der Waals surface area contributed by atoms with E-state index in [2.05, 4.69) is 4.72 Å². The van der Waals surface area contributed by atoms with Gasteiger partial charge in [-0.2, -0.15) is 0 Å². The van der Waals surface area contributed by atoms with E-state index in [-0.39, 0.29) is 23.2 Å². The Balaban J connectivity index is 3.02. The van der Waals surface area contributed by atoms with E-state index in [1.807, 2.05) is 6.92 Å². The first kappa shape index (κ1) is 15.2. The van der Waals surface area contributed by atoms with E-state index in [9.17, 15) is 8.42 Å². The number of anilines is 1. The van der Waals surface area contributed by atoms with Crippen LogP contribution in [-0.2, 0) is 10.0 Å². The van der Waals surface area contributed by atoms with Crippen molar-refractivity contribution in [1.29, 1.82) is 0 Å². The maximum Gasteiger partial charge on any atom is 0.242 e. The maximum atomic E-state index is 12.1. The van der Waals surface area contributed by atoms with Crippen LogP contribution in [0.3, 0.4) is 0 Å². The van der Waals surface area contributed by atoms with E-state index < -0.39 is 10.0 Å². The van der Waals surface area contributed by atoms with Crippen molar-refractivity contribution in [3.8, 4) is 0 Å². The fourth-order valence-electron chi connectivity index (χ4n) is 1.53. The van der Waals surface area contributed by atoms with Gasteiger partial charge in [0.1, 0.15) is 4.90 Å². The number of hydrogen-bond acceptors (Lipinski definition) is 4. The number of nitrogens with one attached hydrogen (secondary N) is 1. The quantitative estimate of drug-likeness (QED) is 0.690. The van der Waals surface area contributed by atoms with Crippen LogP contribution < -0.4 is 10.5 Å². The van der Waals surface area contributed by atoms with Gasteiger partial charge >= 0.3 is 0 Å². The van der Waals surface area contributed by atoms with Crippen molar-refractivity contribution in [2.45, 2.75) is 30.7 Å². The number of rotatable bonds is 6. The zero-order valence-electron chi connectivity index (χ0n) is 10.1. The number of hydrogen-bond donors (Lipinski definition) is 3. The minimum absolute atomic E-state index is 0.0358. The Morgan fingerprint density at radius 1 is 1.50 bits per heavy atom. The molecule has 0 aromatic heterocycles. The van der Waals surface area contributed by atoms with Crippen LogP contribution in [0.1, 0.15) is 19.8 Å². The summed E-state index contributed by atoms with van der Waals surface area (Å²) < 4.78 is 26.7. The summed E-state index contributed by atoms with van der Waals surface area (Å²) >= 11 is 5.77. The molecule has 0 aliphatic rings. The molecule has 5 nitrogen and oxygen atoms in total. The van der Waals surface area contributed by atoms with Crippen molar-refractivity contribution in [1.82, 2.24) is 4.72 Å². The number of sulfonamides is 1. The lowest BCUT2D eigenvalue weighted by Gasteiger charge is -2.16. The van der Waals surface area contributed by atoms with E-state index >= 15 is 0 Å². The molecule has 1 atom stereocenters. The van der Waals surface area contributed by atoms with Crippen LogP contribution in [-0.4, -0.2) is 26.2 Å². The van der Waals surface area contributed by atoms with Crippen LogP contribution in [0.2, 0.25) is 5.02 Å². The number of aliphatic hydroxyl groups excluding tert-OH is 1. The Labute approximate surface area is 112 Å². The Hall–Kier alpha value is -0.820. The molecule has 0 fully saturated rings. The molecule has 0 bridgehead atoms. The fourth-order valence-corrected chi connectivity index (χ4v) is 3.27. The van der Waals surface area contributed by atoms with E-state index in [4.69, 9.17) is 22.4 Å². The highest BCUT2D eigenvalue weighted by Crippen LogP contribution is 2.23. The average molecular weight is 293 g/mol. The summed E-state index contributed by atoms with van der Waals surface area (Å²) in [6.45, 7) is 1.76. The molecule has 0 heterocycles. The highest BCUT2D eigenvalue weighted by Gasteiger charge is 2.21. The highest BCUT2D eigenvalue weighted by molar-refractivity contribution is 7.89. The number of nitrogen functional groups attached to an aromatic ring is 1. The summed E-state index contributed by atoms with van der Waals surface area (Å²) in [7, 11) is -3.72. The second kappa shape index (κ2) is 6.38. The molecule has 4 N–H and O–H groups in total. The Morgan fingerprint density at radius 2 is 2.17 bits per heavy atom. The molecule has 1 unspecified atom stereocenters. The third-order valence-electron chi connectivity index (χ3n) is 2.56. The Bertz CT molecular complexity index is 505. The lowest BCUT2D eigenvalue weighted by atomic mass is 10.2. The van der Waals surface area contributed by atoms with E-state index in [1.54, 1.807) is 0 Å². The standard InChI is InChI=1S/C11H17ClN2O3S/c1-2-9(5-6-15)14-18(16,17)11-7-8(12)3-4-10(11)13/h3-4,7,9,14-15H,2,5-6,13H2,1H3. The van der Waals surface area contributed by atoms with Crippen LogP contribution in [0.25, 0.3) is 0 Å². The van der Waals surface area contributed by atoms with Gasteiger partial charge in [0.2, 0.25) is 10.0 Å². The third kappa shape index (κ3) is 3.84. The Kier molecular flexibility index (Phi) is 5.40. The molecule has 1 rings (SSSR count). The first-order valence-corrected chi connectivity index (χ1v) is 7.45. The molecular weight excluding hydrogens is 276 g/mol. The molecular formula is C11H17ClN2O3S. The maximum absolute atomic E-state index is 12.1. The number of nitrogens with two attached hydrogens (primary N) is 1. The number of aliphatic hydroxyl groups is 1. The van der Waals surface area contributed by atoms with Gasteiger partial charge in [0.15, 0.2) is 0 Å². The number of benzene rings is 1. The molecule has 0 saturated heterocycles. The second-order valence-corrected chi connectivity index (χ2v) is 6.04. The van der Waals surface area contributed by atoms with Gasteiger partial charge < -0.3 is 10.8 Å². The average Bonchev–Trinajstić information content (AvgIpc) is 2.31. The van der Waals surface area contributed by atoms with Gasteiger partial charge in [-0.15, -0.1) is 0 Å². The second-order valence-electron chi connectivity index (χ2n) is 3.92. The van der Waals surface area contributed by atoms with Crippen molar-refractivity contribution in [3.05, 3.63) is 23.2 Å². The first-order chi connectivity index (χ1) is 8.40. The first-order valence-electron chi connectivity index (χ1n) is 5.59. The molecule has 0 amide bonds. The third-order valence-corrected chi connectivity index (χ3v) is 4.37. The SMILES string of the molecule is CCC(CCO)NS(=O)(=O)c1cc(Cl)ccc1N. The fraction of sp³-hybridized carbons (Fsp3) is 0.455. The molecule has 18 heavy (non-hydrogen) atoms. The largest absolute Gasteiger partial charge is 0.398 e. The van der Waals surface area contributed by atoms with Crippen molar-refractivity contribution in [2.75, 3.05) is 12.3 Å². The van der Waals surface area contributed by atoms with Crippen LogP contribution in [0, 0.1) is 0 Å². The molecule has 0 aliphatic carbocycles. The lowest BCUT2D eigenvalue weighted by molar-refractivity contribution is 0.270. The molecule has 0 spiro atoms. The minimum atomic E-state index is -3.72. The molecule has 1 aromatic carbocycles. The summed E-state index contributed by atoms with van der Waals surface area (Å²) in [5.41, 5.74) is 5.78. The predicted molar refractivity (Wildman–Crippen MR) is 72.0 cm³/mol. The van der Waals surface area contributed by atoms with Crippen molar-refractivity contribution < 1.29 is 13.5 Å². The smallest absolute Gasteiger partial charge is 0.242 e. The van der Waals surface area contributed by atoms with E-state index in [0.29, 0.717) is 17.9 Å². The molecule has 7 heteroatoms. The van der Waals surface area contributed by atoms with Gasteiger partial charge in [-0.1, -0.05) is 18.5 Å². The molecule has 0 radical (unpaired) electrons. The van der Waals surface area contributed by atoms with Crippen LogP contribution >= 0.6 is 11.6 Å². The normalized spacial score (nSPS) is 13.5. The summed E-state index contributed by atoms with van der Waals surface area (Å²) in [5, 5.41) is 9.16. The van der Waals surface area contributed by atoms with Gasteiger partial charge in [0.25, 0.3) is 0 Å². The summed E-state index contributed by atoms with van der Waals surface area (Å²) in [6, 6.07) is 3.97. The summed E-state index contributed by atoms with van der Waals surface area (Å²) in [4.78, 5) is -0.0358. The predicted octanol–water partition coefficient (Wildman–Crippen LogP) is 1.36. The number of halogens is 1. The lowest BCUT2D eigenvalue weighted by Crippen LogP contribution is -2.35. The van der Waals surface area contributed by atoms with Crippen LogP contribution in [0.15, 0.2) is 23.1 Å². The summed E-state index contributed by atoms with van der Waals surface area (Å²) in [5.74, 6) is 0. The molecule has 0 aliphatic heterocycles. The van der Waals surface area contributed by atoms with Crippen molar-refractivity contribution in [2.24, 2.45) is 0 Å². The molecule has 1 aromatic rings. The molecule has 102 valence electrons. The van der Waals surface area contributed by atoms with Gasteiger partial charge in [-0.25, -0.2) is 13.1 Å². The highest BCUT2D eigenvalue weighted by atomic mass is 35.5. The van der Waals surface area contributed by atoms with Gasteiger partial charge in [-0.05, 0) is 31.0 Å². The van der Waals surface area contributed by atoms with Gasteiger partial charge in [0.05, 0.1) is 5.69 Å². The zero-order valence-corrected chi connectivity index (χ0v) is 11.6. The van der Waals surface area contributed by atoms with Gasteiger partial charge in [-0.3, -0.25) is 0 Å². The topological polar surface area (TPSA) is 92.4 Å². The van der Waals surface area contributed by atoms with Crippen LogP contribution in [0.4, 0.5) is 5.69 Å². The zero-order chi connectivity index (χ0) is 13.8. The monoisotopic (exact) mass is 292 g/mol. The minimum Gasteiger partial charge on any atom is -0.398 e. The van der Waals surface area contributed by atoms with Gasteiger partial charge in [0, 0.05) is 17.7 Å². The van der Waals surface area contributed by atoms with Crippen molar-refractivity contribution in [3.63, 3.8) is 0 Å². The summed E-state index contributed by atoms with van der Waals surface area (Å²) in [6.07, 6.45) is 0.941. The van der Waals surface area contributed by atoms with Crippen LogP contribution in [0.5, 0.6) is 0 Å². The van der Waals surface area contributed by atoms with E-state index in [0.717, 1.165) is 0 Å². The Morgan fingerprint density at radius 3 is 2.72 bits per heavy atom.